The molecule has 0 amide bonds. The number of unbranched alkanes of at least 4 members (excludes halogenated alkanes) is 2. The van der Waals surface area contributed by atoms with Crippen LogP contribution in [0.1, 0.15) is 49.4 Å². The number of nitrogens with zero attached hydrogens (tertiary/aromatic N) is 2. The van der Waals surface area contributed by atoms with Crippen LogP contribution in [0.15, 0.2) is 18.2 Å². The second kappa shape index (κ2) is 14.3. The molecule has 0 radical (unpaired) electrons. The number of hydrogen-bond acceptors (Lipinski definition) is 9. The van der Waals surface area contributed by atoms with E-state index in [0.717, 1.165) is 42.6 Å². The number of aryl methyl sites for hydroxylation is 1. The van der Waals surface area contributed by atoms with Gasteiger partial charge in [-0.1, -0.05) is 25.8 Å². The fraction of sp³-hybridized carbons (Fsp3) is 0.565. The highest BCUT2D eigenvalue weighted by Gasteiger charge is 2.38. The third-order valence-electron chi connectivity index (χ3n) is 5.27. The lowest BCUT2D eigenvalue weighted by Crippen LogP contribution is -2.17. The number of benzene rings is 1. The third-order valence-corrected chi connectivity index (χ3v) is 6.07. The summed E-state index contributed by atoms with van der Waals surface area (Å²) in [4.78, 5) is 26.0. The molecule has 0 aliphatic rings. The highest BCUT2D eigenvalue weighted by Crippen LogP contribution is 2.47. The fourth-order valence-electron chi connectivity index (χ4n) is 3.32. The summed E-state index contributed by atoms with van der Waals surface area (Å²) in [5.74, 6) is 2.10. The maximum atomic E-state index is 13.1. The van der Waals surface area contributed by atoms with E-state index in [4.69, 9.17) is 29.7 Å². The molecule has 0 bridgehead atoms. The Labute approximate surface area is 205 Å². The number of methoxy groups -OCH3 is 1. The number of nitrogens with one attached hydrogen (secondary N) is 1. The number of hydrogen-bond donors (Lipinski definition) is 4. The summed E-state index contributed by atoms with van der Waals surface area (Å²) in [7, 11) is -1.75. The zero-order valence-corrected chi connectivity index (χ0v) is 21.3. The summed E-state index contributed by atoms with van der Waals surface area (Å²) >= 11 is 0. The van der Waals surface area contributed by atoms with Gasteiger partial charge in [0.15, 0.2) is 0 Å². The van der Waals surface area contributed by atoms with Gasteiger partial charge in [0.25, 0.3) is 0 Å². The van der Waals surface area contributed by atoms with Gasteiger partial charge >= 0.3 is 5.66 Å². The molecule has 0 unspecified atom stereocenters. The summed E-state index contributed by atoms with van der Waals surface area (Å²) in [5, 5.41) is 3.37. The van der Waals surface area contributed by atoms with Crippen molar-refractivity contribution in [3.63, 3.8) is 0 Å². The Bertz CT molecular complexity index is 937. The number of nitrogens with two attached hydrogens (primary N) is 1. The number of rotatable bonds is 16. The van der Waals surface area contributed by atoms with Gasteiger partial charge in [-0.2, -0.15) is 13.8 Å². The predicted octanol–water partition coefficient (Wildman–Crippen LogP) is 4.24. The highest BCUT2D eigenvalue weighted by atomic mass is 31.2. The highest BCUT2D eigenvalue weighted by molar-refractivity contribution is 7.46. The summed E-state index contributed by atoms with van der Waals surface area (Å²) < 4.78 is 42.6. The number of ether oxygens (including phenoxy) is 3. The minimum atomic E-state index is -3.54. The van der Waals surface area contributed by atoms with Crippen LogP contribution in [0.2, 0.25) is 0 Å². The van der Waals surface area contributed by atoms with Crippen LogP contribution in [0.3, 0.4) is 0 Å². The lowest BCUT2D eigenvalue weighted by molar-refractivity contribution is 0.0185. The first-order valence-electron chi connectivity index (χ1n) is 11.5. The molecular formula is C23H35F2N4O5P. The number of anilines is 2. The topological polar surface area (TPSA) is 132 Å². The average Bonchev–Trinajstić information content (AvgIpc) is 2.81. The van der Waals surface area contributed by atoms with E-state index in [-0.39, 0.29) is 25.8 Å². The van der Waals surface area contributed by atoms with Gasteiger partial charge in [0.1, 0.15) is 23.9 Å². The van der Waals surface area contributed by atoms with E-state index in [1.54, 1.807) is 19.2 Å². The molecule has 196 valence electrons. The SMILES string of the molecule is CCCCCNc1nc(N)nc(C)c1Cc1ccc(OCCOCCC(F)(F)P(O)O)cc1OC. The van der Waals surface area contributed by atoms with Gasteiger partial charge in [-0.3, -0.25) is 0 Å². The molecule has 12 heteroatoms. The molecule has 0 spiro atoms. The molecular weight excluding hydrogens is 481 g/mol. The van der Waals surface area contributed by atoms with Crippen molar-refractivity contribution in [3.8, 4) is 11.5 Å². The van der Waals surface area contributed by atoms with E-state index in [1.165, 1.54) is 0 Å². The Morgan fingerprint density at radius 2 is 1.91 bits per heavy atom. The zero-order chi connectivity index (χ0) is 25.8. The molecule has 0 saturated heterocycles. The van der Waals surface area contributed by atoms with E-state index in [0.29, 0.717) is 23.7 Å². The van der Waals surface area contributed by atoms with Crippen molar-refractivity contribution in [3.05, 3.63) is 35.0 Å². The second-order valence-electron chi connectivity index (χ2n) is 7.94. The Morgan fingerprint density at radius 1 is 1.14 bits per heavy atom. The molecule has 1 heterocycles. The molecule has 5 N–H and O–H groups in total. The van der Waals surface area contributed by atoms with Crippen molar-refractivity contribution >= 4 is 20.1 Å². The van der Waals surface area contributed by atoms with Crippen molar-refractivity contribution in [1.82, 2.24) is 9.97 Å². The molecule has 9 nitrogen and oxygen atoms in total. The molecule has 0 saturated carbocycles. The molecule has 35 heavy (non-hydrogen) atoms. The first-order valence-corrected chi connectivity index (χ1v) is 12.7. The minimum Gasteiger partial charge on any atom is -0.496 e. The molecule has 0 aliphatic heterocycles. The molecule has 0 fully saturated rings. The van der Waals surface area contributed by atoms with Gasteiger partial charge in [0.2, 0.25) is 14.3 Å². The van der Waals surface area contributed by atoms with Crippen LogP contribution in [-0.4, -0.2) is 58.9 Å². The van der Waals surface area contributed by atoms with Crippen molar-refractivity contribution < 1.29 is 32.8 Å². The van der Waals surface area contributed by atoms with Crippen molar-refractivity contribution in [2.24, 2.45) is 0 Å². The van der Waals surface area contributed by atoms with Gasteiger partial charge in [-0.05, 0) is 25.0 Å². The van der Waals surface area contributed by atoms with Crippen LogP contribution in [0.5, 0.6) is 11.5 Å². The second-order valence-corrected chi connectivity index (χ2v) is 9.18. The largest absolute Gasteiger partial charge is 0.496 e. The normalized spacial score (nSPS) is 11.7. The van der Waals surface area contributed by atoms with Gasteiger partial charge < -0.3 is 35.0 Å². The van der Waals surface area contributed by atoms with Crippen LogP contribution in [-0.2, 0) is 11.2 Å². The Morgan fingerprint density at radius 3 is 2.60 bits per heavy atom. The number of aromatic nitrogens is 2. The van der Waals surface area contributed by atoms with Gasteiger partial charge in [0, 0.05) is 36.7 Å². The van der Waals surface area contributed by atoms with E-state index in [1.807, 2.05) is 13.0 Å². The van der Waals surface area contributed by atoms with E-state index in [9.17, 15) is 8.78 Å². The Balaban J connectivity index is 1.98. The van der Waals surface area contributed by atoms with E-state index >= 15 is 0 Å². The molecule has 0 atom stereocenters. The number of alkyl halides is 2. The maximum Gasteiger partial charge on any atom is 0.316 e. The molecule has 1 aromatic heterocycles. The maximum absolute atomic E-state index is 13.1. The summed E-state index contributed by atoms with van der Waals surface area (Å²) in [6.07, 6.45) is 3.05. The lowest BCUT2D eigenvalue weighted by Gasteiger charge is -2.17. The first-order chi connectivity index (χ1) is 16.7. The Kier molecular flexibility index (Phi) is 11.8. The summed E-state index contributed by atoms with van der Waals surface area (Å²) in [6, 6.07) is 5.42. The van der Waals surface area contributed by atoms with Crippen molar-refractivity contribution in [2.75, 3.05) is 44.5 Å². The first kappa shape index (κ1) is 28.9. The van der Waals surface area contributed by atoms with Crippen molar-refractivity contribution in [1.29, 1.82) is 0 Å². The van der Waals surface area contributed by atoms with Gasteiger partial charge in [0.05, 0.1) is 20.3 Å². The van der Waals surface area contributed by atoms with Crippen LogP contribution in [0, 0.1) is 6.92 Å². The fourth-order valence-corrected chi connectivity index (χ4v) is 3.62. The van der Waals surface area contributed by atoms with Gasteiger partial charge in [-0.15, -0.1) is 0 Å². The standard InChI is InChI=1S/C23H35F2N4O5P/c1-4-5-6-10-27-21-19(16(2)28-22(26)29-21)14-17-7-8-18(15-20(17)32-3)34-13-12-33-11-9-23(24,25)35(30)31/h7-8,15,30-31H,4-6,9-14H2,1-3H3,(H3,26,27,28,29). The Hall–Kier alpha value is -2.33. The van der Waals surface area contributed by atoms with E-state index < -0.39 is 20.5 Å². The molecule has 2 aromatic rings. The van der Waals surface area contributed by atoms with Crippen LogP contribution < -0.4 is 20.5 Å². The van der Waals surface area contributed by atoms with Crippen LogP contribution >= 0.6 is 8.38 Å². The number of nitrogen functional groups attached to an aromatic ring is 1. The monoisotopic (exact) mass is 516 g/mol. The quantitative estimate of drug-likeness (QED) is 0.191. The van der Waals surface area contributed by atoms with E-state index in [2.05, 4.69) is 22.2 Å². The summed E-state index contributed by atoms with van der Waals surface area (Å²) in [5.41, 5.74) is 4.96. The third kappa shape index (κ3) is 9.33. The predicted molar refractivity (Wildman–Crippen MR) is 132 cm³/mol. The summed E-state index contributed by atoms with van der Waals surface area (Å²) in [6.45, 7) is 4.74. The van der Waals surface area contributed by atoms with Crippen LogP contribution in [0.25, 0.3) is 0 Å². The number of halogens is 2. The minimum absolute atomic E-state index is 0.0734. The molecule has 1 aromatic carbocycles. The zero-order valence-electron chi connectivity index (χ0n) is 20.4. The van der Waals surface area contributed by atoms with Crippen LogP contribution in [0.4, 0.5) is 20.5 Å². The molecule has 0 aliphatic carbocycles. The van der Waals surface area contributed by atoms with Gasteiger partial charge in [-0.25, -0.2) is 4.98 Å². The molecule has 2 rings (SSSR count). The smallest absolute Gasteiger partial charge is 0.316 e. The lowest BCUT2D eigenvalue weighted by atomic mass is 10.0. The average molecular weight is 517 g/mol. The van der Waals surface area contributed by atoms with Crippen molar-refractivity contribution in [2.45, 2.75) is 51.6 Å².